The van der Waals surface area contributed by atoms with Gasteiger partial charge in [-0.25, -0.2) is 9.37 Å². The number of hydrogen-bond acceptors (Lipinski definition) is 3. The Morgan fingerprint density at radius 2 is 2.20 bits per heavy atom. The molecule has 2 N–H and O–H groups in total. The fourth-order valence-electron chi connectivity index (χ4n) is 1.31. The van der Waals surface area contributed by atoms with Crippen LogP contribution in [0.2, 0.25) is 0 Å². The van der Waals surface area contributed by atoms with Gasteiger partial charge in [0.1, 0.15) is 16.5 Å². The average Bonchev–Trinajstić information content (AvgIpc) is 2.50. The summed E-state index contributed by atoms with van der Waals surface area (Å²) in [6.07, 6.45) is 0. The van der Waals surface area contributed by atoms with Crippen LogP contribution in [0.25, 0.3) is 11.3 Å². The molecular weight excluding hydrogens is 279 g/mol. The molecule has 5 heteroatoms. The van der Waals surface area contributed by atoms with Crippen LogP contribution < -0.4 is 5.73 Å². The molecule has 2 rings (SSSR count). The Labute approximate surface area is 99.1 Å². The Bertz CT molecular complexity index is 510. The molecule has 0 amide bonds. The largest absolute Gasteiger partial charge is 0.389 e. The molecule has 1 aromatic carbocycles. The number of rotatable bonds is 1. The molecule has 15 heavy (non-hydrogen) atoms. The van der Waals surface area contributed by atoms with E-state index < -0.39 is 0 Å². The maximum absolute atomic E-state index is 13.1. The lowest BCUT2D eigenvalue weighted by molar-refractivity contribution is 0.628. The fraction of sp³-hybridized carbons (Fsp3) is 0.100. The van der Waals surface area contributed by atoms with E-state index in [4.69, 9.17) is 5.73 Å². The number of nitrogen functional groups attached to an aromatic ring is 1. The first-order chi connectivity index (χ1) is 7.08. The van der Waals surface area contributed by atoms with Crippen LogP contribution in [0, 0.1) is 12.7 Å². The summed E-state index contributed by atoms with van der Waals surface area (Å²) in [5, 5.41) is 1.48. The number of nitrogens with zero attached hydrogens (tertiary/aromatic N) is 1. The molecule has 0 radical (unpaired) electrons. The maximum atomic E-state index is 13.1. The van der Waals surface area contributed by atoms with Gasteiger partial charge in [-0.15, -0.1) is 11.3 Å². The van der Waals surface area contributed by atoms with E-state index in [-0.39, 0.29) is 5.82 Å². The highest BCUT2D eigenvalue weighted by Gasteiger charge is 2.12. The summed E-state index contributed by atoms with van der Waals surface area (Å²) in [5.74, 6) is -0.293. The number of halogens is 2. The second-order valence-corrected chi connectivity index (χ2v) is 5.16. The van der Waals surface area contributed by atoms with Crippen molar-refractivity contribution in [2.45, 2.75) is 6.92 Å². The summed E-state index contributed by atoms with van der Waals surface area (Å²) in [6.45, 7) is 1.87. The lowest BCUT2D eigenvalue weighted by Crippen LogP contribution is -1.88. The van der Waals surface area contributed by atoms with Gasteiger partial charge in [0.25, 0.3) is 0 Å². The molecule has 0 spiro atoms. The molecule has 0 saturated heterocycles. The first kappa shape index (κ1) is 10.6. The molecule has 0 aliphatic carbocycles. The summed E-state index contributed by atoms with van der Waals surface area (Å²) in [5.41, 5.74) is 7.14. The monoisotopic (exact) mass is 286 g/mol. The first-order valence-electron chi connectivity index (χ1n) is 4.26. The van der Waals surface area contributed by atoms with Crippen molar-refractivity contribution in [3.05, 3.63) is 33.5 Å². The minimum absolute atomic E-state index is 0.293. The van der Waals surface area contributed by atoms with Crippen molar-refractivity contribution >= 4 is 32.3 Å². The quantitative estimate of drug-likeness (QED) is 0.870. The first-order valence-corrected chi connectivity index (χ1v) is 5.87. The number of aromatic nitrogens is 1. The van der Waals surface area contributed by atoms with E-state index in [1.165, 1.54) is 23.5 Å². The van der Waals surface area contributed by atoms with Crippen molar-refractivity contribution in [3.63, 3.8) is 0 Å². The lowest BCUT2D eigenvalue weighted by Gasteiger charge is -2.02. The summed E-state index contributed by atoms with van der Waals surface area (Å²) >= 11 is 4.75. The highest BCUT2D eigenvalue weighted by atomic mass is 79.9. The Morgan fingerprint density at radius 1 is 1.47 bits per heavy atom. The molecule has 0 aliphatic rings. The molecule has 2 nitrogen and oxygen atoms in total. The Hall–Kier alpha value is -0.940. The molecule has 78 valence electrons. The van der Waals surface area contributed by atoms with Gasteiger partial charge in [-0.1, -0.05) is 15.9 Å². The summed E-state index contributed by atoms with van der Waals surface area (Å²) < 4.78 is 13.9. The third-order valence-electron chi connectivity index (χ3n) is 1.94. The zero-order chi connectivity index (χ0) is 11.0. The Kier molecular flexibility index (Phi) is 2.75. The van der Waals surface area contributed by atoms with E-state index in [2.05, 4.69) is 20.9 Å². The molecule has 0 saturated carbocycles. The number of benzene rings is 1. The van der Waals surface area contributed by atoms with Gasteiger partial charge in [0, 0.05) is 10.0 Å². The number of thiazole rings is 1. The van der Waals surface area contributed by atoms with Crippen molar-refractivity contribution < 1.29 is 4.39 Å². The second-order valence-electron chi connectivity index (χ2n) is 3.07. The predicted octanol–water partition coefficient (Wildman–Crippen LogP) is 3.60. The van der Waals surface area contributed by atoms with Gasteiger partial charge >= 0.3 is 0 Å². The van der Waals surface area contributed by atoms with E-state index in [1.54, 1.807) is 6.07 Å². The van der Waals surface area contributed by atoms with Gasteiger partial charge in [0.2, 0.25) is 0 Å². The zero-order valence-corrected chi connectivity index (χ0v) is 10.3. The minimum Gasteiger partial charge on any atom is -0.389 e. The standard InChI is InChI=1S/C10H8BrFN2S/c1-5-14-9(10(13)15-5)7-4-6(12)2-3-8(7)11/h2-4H,13H2,1H3. The molecule has 2 aromatic rings. The molecular formula is C10H8BrFN2S. The van der Waals surface area contributed by atoms with Crippen molar-refractivity contribution in [2.24, 2.45) is 0 Å². The summed E-state index contributed by atoms with van der Waals surface area (Å²) in [7, 11) is 0. The number of nitrogens with two attached hydrogens (primary N) is 1. The highest BCUT2D eigenvalue weighted by molar-refractivity contribution is 9.10. The maximum Gasteiger partial charge on any atom is 0.123 e. The normalized spacial score (nSPS) is 10.6. The lowest BCUT2D eigenvalue weighted by atomic mass is 10.1. The zero-order valence-electron chi connectivity index (χ0n) is 7.92. The smallest absolute Gasteiger partial charge is 0.123 e. The van der Waals surface area contributed by atoms with Crippen LogP contribution in [0.4, 0.5) is 9.39 Å². The van der Waals surface area contributed by atoms with Crippen LogP contribution in [-0.4, -0.2) is 4.98 Å². The molecule has 1 heterocycles. The Balaban J connectivity index is 2.62. The van der Waals surface area contributed by atoms with E-state index in [9.17, 15) is 4.39 Å². The number of aryl methyl sites for hydroxylation is 1. The number of anilines is 1. The van der Waals surface area contributed by atoms with Gasteiger partial charge in [-0.2, -0.15) is 0 Å². The number of hydrogen-bond donors (Lipinski definition) is 1. The summed E-state index contributed by atoms with van der Waals surface area (Å²) in [6, 6.07) is 4.47. The van der Waals surface area contributed by atoms with Crippen LogP contribution in [-0.2, 0) is 0 Å². The predicted molar refractivity (Wildman–Crippen MR) is 64.4 cm³/mol. The van der Waals surface area contributed by atoms with Crippen LogP contribution in [0.15, 0.2) is 22.7 Å². The minimum atomic E-state index is -0.293. The van der Waals surface area contributed by atoms with E-state index in [0.29, 0.717) is 16.3 Å². The van der Waals surface area contributed by atoms with Crippen LogP contribution in [0.5, 0.6) is 0 Å². The van der Waals surface area contributed by atoms with Crippen LogP contribution >= 0.6 is 27.3 Å². The molecule has 0 unspecified atom stereocenters. The third kappa shape index (κ3) is 2.03. The van der Waals surface area contributed by atoms with Crippen molar-refractivity contribution in [3.8, 4) is 11.3 Å². The van der Waals surface area contributed by atoms with E-state index >= 15 is 0 Å². The molecule has 1 aromatic heterocycles. The second kappa shape index (κ2) is 3.90. The fourth-order valence-corrected chi connectivity index (χ4v) is 2.46. The van der Waals surface area contributed by atoms with Crippen molar-refractivity contribution in [2.75, 3.05) is 5.73 Å². The third-order valence-corrected chi connectivity index (χ3v) is 3.44. The van der Waals surface area contributed by atoms with Gasteiger partial charge < -0.3 is 5.73 Å². The highest BCUT2D eigenvalue weighted by Crippen LogP contribution is 2.35. The van der Waals surface area contributed by atoms with Crippen LogP contribution in [0.1, 0.15) is 5.01 Å². The Morgan fingerprint density at radius 3 is 2.80 bits per heavy atom. The topological polar surface area (TPSA) is 38.9 Å². The van der Waals surface area contributed by atoms with Gasteiger partial charge in [-0.05, 0) is 25.1 Å². The molecule has 0 bridgehead atoms. The average molecular weight is 287 g/mol. The van der Waals surface area contributed by atoms with Gasteiger partial charge in [0.05, 0.1) is 5.01 Å². The molecule has 0 atom stereocenters. The van der Waals surface area contributed by atoms with Gasteiger partial charge in [-0.3, -0.25) is 0 Å². The molecule has 0 fully saturated rings. The summed E-state index contributed by atoms with van der Waals surface area (Å²) in [4.78, 5) is 4.28. The SMILES string of the molecule is Cc1nc(-c2cc(F)ccc2Br)c(N)s1. The van der Waals surface area contributed by atoms with Crippen molar-refractivity contribution in [1.82, 2.24) is 4.98 Å². The van der Waals surface area contributed by atoms with E-state index in [0.717, 1.165) is 9.48 Å². The van der Waals surface area contributed by atoms with Crippen molar-refractivity contribution in [1.29, 1.82) is 0 Å². The molecule has 0 aliphatic heterocycles. The van der Waals surface area contributed by atoms with Crippen LogP contribution in [0.3, 0.4) is 0 Å². The van der Waals surface area contributed by atoms with Gasteiger partial charge in [0.15, 0.2) is 0 Å². The van der Waals surface area contributed by atoms with E-state index in [1.807, 2.05) is 6.92 Å².